The third-order valence-electron chi connectivity index (χ3n) is 3.69. The van der Waals surface area contributed by atoms with Crippen molar-refractivity contribution < 1.29 is 4.74 Å². The van der Waals surface area contributed by atoms with Gasteiger partial charge in [0.1, 0.15) is 5.75 Å². The number of piperazine rings is 1. The molecule has 0 aliphatic carbocycles. The molecule has 3 nitrogen and oxygen atoms in total. The van der Waals surface area contributed by atoms with Crippen LogP contribution in [0.1, 0.15) is 24.9 Å². The lowest BCUT2D eigenvalue weighted by atomic mass is 9.97. The lowest BCUT2D eigenvalue weighted by molar-refractivity contribution is 0.172. The molecule has 0 spiro atoms. The summed E-state index contributed by atoms with van der Waals surface area (Å²) in [5.41, 5.74) is 2.44. The molecule has 6 heteroatoms. The van der Waals surface area contributed by atoms with Crippen LogP contribution >= 0.6 is 36.4 Å². The molecule has 0 unspecified atom stereocenters. The van der Waals surface area contributed by atoms with Gasteiger partial charge in [0.25, 0.3) is 0 Å². The minimum Gasteiger partial charge on any atom is -0.495 e. The summed E-state index contributed by atoms with van der Waals surface area (Å²) in [7, 11) is 1.66. The van der Waals surface area contributed by atoms with Gasteiger partial charge >= 0.3 is 0 Å². The zero-order valence-corrected chi connectivity index (χ0v) is 15.5. The van der Waals surface area contributed by atoms with E-state index in [2.05, 4.69) is 35.9 Å². The Bertz CT molecular complexity index is 476. The highest BCUT2D eigenvalue weighted by Gasteiger charge is 2.22. The van der Waals surface area contributed by atoms with Crippen LogP contribution in [0.5, 0.6) is 5.75 Å². The van der Waals surface area contributed by atoms with E-state index >= 15 is 0 Å². The molecule has 126 valence electrons. The predicted molar refractivity (Wildman–Crippen MR) is 99.1 cm³/mol. The van der Waals surface area contributed by atoms with E-state index in [-0.39, 0.29) is 24.8 Å². The Balaban J connectivity index is 0.00000220. The minimum atomic E-state index is 0. The molecule has 1 saturated heterocycles. The molecule has 1 atom stereocenters. The summed E-state index contributed by atoms with van der Waals surface area (Å²) in [4.78, 5) is 2.51. The summed E-state index contributed by atoms with van der Waals surface area (Å²) in [6.07, 6.45) is 0.963. The average Bonchev–Trinajstić information content (AvgIpc) is 2.46. The van der Waals surface area contributed by atoms with E-state index in [9.17, 15) is 0 Å². The van der Waals surface area contributed by atoms with Crippen LogP contribution in [0.2, 0.25) is 5.02 Å². The number of hydrogen-bond donors (Lipinski definition) is 1. The van der Waals surface area contributed by atoms with Crippen molar-refractivity contribution in [1.29, 1.82) is 0 Å². The summed E-state index contributed by atoms with van der Waals surface area (Å²) in [5.74, 6) is 0.742. The highest BCUT2D eigenvalue weighted by atomic mass is 35.5. The van der Waals surface area contributed by atoms with Crippen LogP contribution in [0.25, 0.3) is 0 Å². The Kier molecular flexibility index (Phi) is 10.1. The summed E-state index contributed by atoms with van der Waals surface area (Å²) in [6.45, 7) is 10.4. The molecule has 1 N–H and O–H groups in total. The maximum Gasteiger partial charge on any atom is 0.137 e. The number of halogens is 3. The number of rotatable bonds is 5. The molecule has 0 amide bonds. The van der Waals surface area contributed by atoms with Gasteiger partial charge in [0, 0.05) is 32.2 Å². The Morgan fingerprint density at radius 1 is 1.36 bits per heavy atom. The molecule has 1 aromatic carbocycles. The highest BCUT2D eigenvalue weighted by molar-refractivity contribution is 6.32. The van der Waals surface area contributed by atoms with Crippen LogP contribution in [0.4, 0.5) is 0 Å². The number of ether oxygens (including phenoxy) is 1. The van der Waals surface area contributed by atoms with Crippen molar-refractivity contribution in [2.75, 3.05) is 33.3 Å². The Morgan fingerprint density at radius 3 is 2.55 bits per heavy atom. The van der Waals surface area contributed by atoms with Crippen molar-refractivity contribution in [3.63, 3.8) is 0 Å². The third-order valence-corrected chi connectivity index (χ3v) is 4.01. The van der Waals surface area contributed by atoms with Crippen molar-refractivity contribution >= 4 is 36.4 Å². The molecule has 1 aromatic rings. The second kappa shape index (κ2) is 10.3. The lowest BCUT2D eigenvalue weighted by Gasteiger charge is -2.35. The van der Waals surface area contributed by atoms with Crippen LogP contribution in [0.15, 0.2) is 30.4 Å². The molecule has 0 radical (unpaired) electrons. The monoisotopic (exact) mass is 366 g/mol. The highest BCUT2D eigenvalue weighted by Crippen LogP contribution is 2.33. The van der Waals surface area contributed by atoms with Gasteiger partial charge in [-0.25, -0.2) is 0 Å². The van der Waals surface area contributed by atoms with E-state index in [0.29, 0.717) is 11.1 Å². The first-order valence-electron chi connectivity index (χ1n) is 7.04. The predicted octanol–water partition coefficient (Wildman–Crippen LogP) is 4.10. The van der Waals surface area contributed by atoms with E-state index in [4.69, 9.17) is 16.3 Å². The van der Waals surface area contributed by atoms with Crippen LogP contribution < -0.4 is 10.1 Å². The quantitative estimate of drug-likeness (QED) is 0.793. The van der Waals surface area contributed by atoms with E-state index < -0.39 is 0 Å². The molecule has 0 saturated carbocycles. The fourth-order valence-corrected chi connectivity index (χ4v) is 2.86. The summed E-state index contributed by atoms with van der Waals surface area (Å²) < 4.78 is 5.34. The smallest absolute Gasteiger partial charge is 0.137 e. The van der Waals surface area contributed by atoms with Gasteiger partial charge in [-0.1, -0.05) is 23.2 Å². The van der Waals surface area contributed by atoms with Gasteiger partial charge in [-0.2, -0.15) is 0 Å². The second-order valence-electron chi connectivity index (χ2n) is 5.36. The number of nitrogens with one attached hydrogen (secondary N) is 1. The van der Waals surface area contributed by atoms with Gasteiger partial charge in [-0.3, -0.25) is 4.90 Å². The van der Waals surface area contributed by atoms with E-state index in [1.165, 1.54) is 11.1 Å². The number of methoxy groups -OCH3 is 1. The maximum atomic E-state index is 6.13. The fraction of sp³-hybridized carbons (Fsp3) is 0.500. The molecule has 1 heterocycles. The molecule has 1 aliphatic heterocycles. The standard InChI is InChI=1S/C16H23ClN2O.2ClH/c1-12(2)10-15(19-8-6-18-7-9-19)13-4-5-14(17)16(11-13)20-3;;/h4-5,11,15,18H,1,6-10H2,2-3H3;2*1H/t15-;;/m1../s1. The molecule has 22 heavy (non-hydrogen) atoms. The van der Waals surface area contributed by atoms with Gasteiger partial charge in [0.2, 0.25) is 0 Å². The zero-order valence-electron chi connectivity index (χ0n) is 13.1. The Morgan fingerprint density at radius 2 is 2.00 bits per heavy atom. The molecule has 0 bridgehead atoms. The summed E-state index contributed by atoms with van der Waals surface area (Å²) >= 11 is 6.13. The van der Waals surface area contributed by atoms with Gasteiger partial charge in [0.15, 0.2) is 0 Å². The van der Waals surface area contributed by atoms with Gasteiger partial charge < -0.3 is 10.1 Å². The number of benzene rings is 1. The summed E-state index contributed by atoms with van der Waals surface area (Å²) in [5, 5.41) is 4.05. The van der Waals surface area contributed by atoms with Crippen LogP contribution in [0.3, 0.4) is 0 Å². The van der Waals surface area contributed by atoms with Crippen LogP contribution in [-0.2, 0) is 0 Å². The second-order valence-corrected chi connectivity index (χ2v) is 5.76. The molecular formula is C16H25Cl3N2O. The first-order valence-corrected chi connectivity index (χ1v) is 7.42. The molecule has 0 aromatic heterocycles. The number of hydrogen-bond acceptors (Lipinski definition) is 3. The van der Waals surface area contributed by atoms with Gasteiger partial charge in [0.05, 0.1) is 12.1 Å². The maximum absolute atomic E-state index is 6.13. The van der Waals surface area contributed by atoms with Crippen molar-refractivity contribution in [1.82, 2.24) is 10.2 Å². The van der Waals surface area contributed by atoms with Crippen molar-refractivity contribution in [2.45, 2.75) is 19.4 Å². The lowest BCUT2D eigenvalue weighted by Crippen LogP contribution is -2.45. The zero-order chi connectivity index (χ0) is 14.5. The first-order chi connectivity index (χ1) is 9.61. The van der Waals surface area contributed by atoms with Crippen molar-refractivity contribution in [3.05, 3.63) is 40.9 Å². The SMILES string of the molecule is C=C(C)C[C@H](c1ccc(Cl)c(OC)c1)N1CCNCC1.Cl.Cl. The average molecular weight is 368 g/mol. The first kappa shape index (κ1) is 21.6. The van der Waals surface area contributed by atoms with Gasteiger partial charge in [-0.15, -0.1) is 31.4 Å². The summed E-state index contributed by atoms with van der Waals surface area (Å²) in [6, 6.07) is 6.42. The van der Waals surface area contributed by atoms with Crippen LogP contribution in [0, 0.1) is 0 Å². The normalized spacial score (nSPS) is 16.1. The molecular weight excluding hydrogens is 343 g/mol. The molecule has 1 aliphatic rings. The largest absolute Gasteiger partial charge is 0.495 e. The van der Waals surface area contributed by atoms with E-state index in [1.54, 1.807) is 7.11 Å². The van der Waals surface area contributed by atoms with Crippen molar-refractivity contribution in [2.24, 2.45) is 0 Å². The van der Waals surface area contributed by atoms with E-state index in [1.807, 2.05) is 6.07 Å². The molecule has 1 fully saturated rings. The number of nitrogens with zero attached hydrogens (tertiary/aromatic N) is 1. The Hall–Kier alpha value is -0.450. The topological polar surface area (TPSA) is 24.5 Å². The molecule has 2 rings (SSSR count). The minimum absolute atomic E-state index is 0. The fourth-order valence-electron chi connectivity index (χ4n) is 2.67. The Labute approximate surface area is 150 Å². The van der Waals surface area contributed by atoms with E-state index in [0.717, 1.165) is 38.3 Å². The van der Waals surface area contributed by atoms with Crippen LogP contribution in [-0.4, -0.2) is 38.2 Å². The third kappa shape index (κ3) is 5.64. The van der Waals surface area contributed by atoms with Gasteiger partial charge in [-0.05, 0) is 31.0 Å². The van der Waals surface area contributed by atoms with Crippen molar-refractivity contribution in [3.8, 4) is 5.75 Å².